The Bertz CT molecular complexity index is 1630. The third-order valence-corrected chi connectivity index (χ3v) is 7.06. The lowest BCUT2D eigenvalue weighted by atomic mass is 9.92. The number of rotatable bonds is 7. The van der Waals surface area contributed by atoms with Crippen LogP contribution in [0.4, 0.5) is 19.1 Å². The summed E-state index contributed by atoms with van der Waals surface area (Å²) in [6.07, 6.45) is -2.09. The van der Waals surface area contributed by atoms with Crippen LogP contribution >= 0.6 is 0 Å². The number of benzene rings is 1. The molecule has 14 heteroatoms. The predicted molar refractivity (Wildman–Crippen MR) is 130 cm³/mol. The van der Waals surface area contributed by atoms with E-state index in [1.807, 2.05) is 0 Å². The molecule has 2 atom stereocenters. The Balaban J connectivity index is 1.32. The molecule has 1 N–H and O–H groups in total. The maximum atomic E-state index is 15.2. The van der Waals surface area contributed by atoms with Crippen LogP contribution in [0.5, 0.6) is 5.88 Å². The SMILES string of the molecule is [2H]C([2H])([2H])Oc1nc(N[C@H]2CCN(C3(C#N)COC3)C[C@H]2F)nn2ccc(-c3ccc4nnn(CC(F)F)c4c3)c12. The van der Waals surface area contributed by atoms with Gasteiger partial charge in [0.1, 0.15) is 23.7 Å². The number of nitriles is 1. The van der Waals surface area contributed by atoms with Crippen molar-refractivity contribution >= 4 is 22.5 Å². The van der Waals surface area contributed by atoms with Gasteiger partial charge >= 0.3 is 0 Å². The first-order valence-corrected chi connectivity index (χ1v) is 11.9. The molecule has 2 aliphatic heterocycles. The summed E-state index contributed by atoms with van der Waals surface area (Å²) in [6, 6.07) is 8.10. The van der Waals surface area contributed by atoms with E-state index in [9.17, 15) is 14.0 Å². The van der Waals surface area contributed by atoms with Crippen LogP contribution in [-0.2, 0) is 11.3 Å². The van der Waals surface area contributed by atoms with Crippen LogP contribution in [0.15, 0.2) is 30.5 Å². The smallest absolute Gasteiger partial charge is 0.258 e. The van der Waals surface area contributed by atoms with E-state index in [0.29, 0.717) is 35.1 Å². The van der Waals surface area contributed by atoms with Gasteiger partial charge in [0.15, 0.2) is 5.54 Å². The highest BCUT2D eigenvalue weighted by Crippen LogP contribution is 2.34. The number of fused-ring (bicyclic) bond motifs is 2. The zero-order chi connectivity index (χ0) is 28.9. The highest BCUT2D eigenvalue weighted by molar-refractivity contribution is 5.89. The zero-order valence-electron chi connectivity index (χ0n) is 22.9. The van der Waals surface area contributed by atoms with E-state index in [1.54, 1.807) is 35.4 Å². The van der Waals surface area contributed by atoms with E-state index in [-0.39, 0.29) is 37.1 Å². The van der Waals surface area contributed by atoms with E-state index >= 15 is 4.39 Å². The Morgan fingerprint density at radius 2 is 2.24 bits per heavy atom. The number of ether oxygens (including phenoxy) is 2. The number of piperidine rings is 1. The summed E-state index contributed by atoms with van der Waals surface area (Å²) in [5, 5.41) is 24.6. The molecule has 0 aliphatic carbocycles. The van der Waals surface area contributed by atoms with Gasteiger partial charge in [0, 0.05) is 24.8 Å². The van der Waals surface area contributed by atoms with Crippen molar-refractivity contribution in [1.29, 1.82) is 5.26 Å². The van der Waals surface area contributed by atoms with Gasteiger partial charge in [0.25, 0.3) is 6.43 Å². The molecule has 3 aromatic heterocycles. The minimum atomic E-state index is -2.86. The number of nitrogens with one attached hydrogen (secondary N) is 1. The van der Waals surface area contributed by atoms with E-state index < -0.39 is 37.8 Å². The van der Waals surface area contributed by atoms with E-state index in [2.05, 4.69) is 31.8 Å². The molecule has 2 saturated heterocycles. The number of likely N-dealkylation sites (tertiary alicyclic amines) is 1. The largest absolute Gasteiger partial charge is 0.479 e. The summed E-state index contributed by atoms with van der Waals surface area (Å²) >= 11 is 0. The summed E-state index contributed by atoms with van der Waals surface area (Å²) in [5.74, 6) is -0.318. The number of halogens is 3. The lowest BCUT2D eigenvalue weighted by Gasteiger charge is -2.48. The van der Waals surface area contributed by atoms with Crippen molar-refractivity contribution < 1.29 is 26.8 Å². The molecule has 38 heavy (non-hydrogen) atoms. The molecule has 11 nitrogen and oxygen atoms in total. The monoisotopic (exact) mass is 530 g/mol. The normalized spacial score (nSPS) is 23.0. The first-order valence-electron chi connectivity index (χ1n) is 13.4. The number of hydrogen-bond donors (Lipinski definition) is 1. The lowest BCUT2D eigenvalue weighted by molar-refractivity contribution is -0.121. The van der Waals surface area contributed by atoms with Crippen LogP contribution in [0, 0.1) is 11.3 Å². The van der Waals surface area contributed by atoms with Gasteiger partial charge in [-0.3, -0.25) is 4.90 Å². The standard InChI is InChI=1S/C24H24F3N9O2/c1-37-22-21-15(14-2-3-18-19(8-14)36(33-31-18)10-20(26)27)4-7-35(21)32-23(30-22)29-17-5-6-34(9-16(17)25)24(11-28)12-38-13-24/h2-4,7-8,16-17,20H,5-6,9-10,12-13H2,1H3,(H,29,32)/t16-,17+/m1/s1/i1D3. The van der Waals surface area contributed by atoms with Crippen molar-refractivity contribution in [2.24, 2.45) is 0 Å². The number of anilines is 1. The minimum Gasteiger partial charge on any atom is -0.479 e. The van der Waals surface area contributed by atoms with Crippen LogP contribution < -0.4 is 10.1 Å². The molecule has 2 aliphatic rings. The molecule has 0 amide bonds. The summed E-state index contributed by atoms with van der Waals surface area (Å²) in [7, 11) is -2.86. The molecule has 0 radical (unpaired) electrons. The summed E-state index contributed by atoms with van der Waals surface area (Å²) in [4.78, 5) is 6.07. The Labute approximate surface area is 218 Å². The molecule has 198 valence electrons. The van der Waals surface area contributed by atoms with Crippen molar-refractivity contribution in [3.63, 3.8) is 0 Å². The molecule has 0 saturated carbocycles. The second kappa shape index (κ2) is 9.41. The van der Waals surface area contributed by atoms with Crippen LogP contribution in [0.2, 0.25) is 0 Å². The highest BCUT2D eigenvalue weighted by Gasteiger charge is 2.48. The highest BCUT2D eigenvalue weighted by atomic mass is 19.3. The summed E-state index contributed by atoms with van der Waals surface area (Å²) in [5.41, 5.74) is 1.20. The van der Waals surface area contributed by atoms with Gasteiger partial charge < -0.3 is 14.8 Å². The van der Waals surface area contributed by atoms with Gasteiger partial charge in [-0.05, 0) is 30.2 Å². The molecule has 2 fully saturated rings. The Kier molecular flexibility index (Phi) is 5.21. The van der Waals surface area contributed by atoms with Crippen LogP contribution in [0.3, 0.4) is 0 Å². The van der Waals surface area contributed by atoms with Gasteiger partial charge in [0.2, 0.25) is 11.8 Å². The number of aromatic nitrogens is 6. The number of nitrogens with zero attached hydrogens (tertiary/aromatic N) is 8. The molecule has 0 bridgehead atoms. The van der Waals surface area contributed by atoms with Crippen LogP contribution in [-0.4, -0.2) is 92.0 Å². The van der Waals surface area contributed by atoms with Crippen LogP contribution in [0.1, 0.15) is 10.5 Å². The minimum absolute atomic E-state index is 0.0165. The maximum Gasteiger partial charge on any atom is 0.258 e. The first kappa shape index (κ1) is 21.0. The second-order valence-electron chi connectivity index (χ2n) is 9.37. The quantitative estimate of drug-likeness (QED) is 0.385. The summed E-state index contributed by atoms with van der Waals surface area (Å²) in [6.45, 7) is 0.295. The predicted octanol–water partition coefficient (Wildman–Crippen LogP) is 2.53. The fraction of sp³-hybridized carbons (Fsp3) is 0.458. The molecule has 0 spiro atoms. The van der Waals surface area contributed by atoms with E-state index in [1.165, 1.54) is 4.52 Å². The van der Waals surface area contributed by atoms with Crippen molar-refractivity contribution in [3.8, 4) is 23.1 Å². The molecule has 4 aromatic rings. The molecule has 5 heterocycles. The van der Waals surface area contributed by atoms with E-state index in [4.69, 9.17) is 13.6 Å². The average Bonchev–Trinajstić information content (AvgIpc) is 3.48. The van der Waals surface area contributed by atoms with Gasteiger partial charge in [-0.1, -0.05) is 11.3 Å². The lowest BCUT2D eigenvalue weighted by Crippen LogP contribution is -2.65. The molecule has 6 rings (SSSR count). The maximum absolute atomic E-state index is 15.2. The average molecular weight is 531 g/mol. The third-order valence-electron chi connectivity index (χ3n) is 7.06. The Hall–Kier alpha value is -3.96. The van der Waals surface area contributed by atoms with Gasteiger partial charge in [0.05, 0.1) is 42.0 Å². The number of methoxy groups -OCH3 is 1. The molecule has 0 unspecified atom stereocenters. The van der Waals surface area contributed by atoms with E-state index in [0.717, 1.165) is 4.68 Å². The zero-order valence-corrected chi connectivity index (χ0v) is 19.9. The van der Waals surface area contributed by atoms with Gasteiger partial charge in [-0.2, -0.15) is 10.2 Å². The second-order valence-corrected chi connectivity index (χ2v) is 9.37. The topological polar surface area (TPSA) is 118 Å². The third kappa shape index (κ3) is 4.07. The van der Waals surface area contributed by atoms with Crippen molar-refractivity contribution in [1.82, 2.24) is 34.5 Å². The fourth-order valence-corrected chi connectivity index (χ4v) is 4.99. The van der Waals surface area contributed by atoms with Gasteiger partial charge in [-0.25, -0.2) is 22.4 Å². The Morgan fingerprint density at radius 1 is 1.37 bits per heavy atom. The summed E-state index contributed by atoms with van der Waals surface area (Å²) < 4.78 is 77.2. The van der Waals surface area contributed by atoms with Crippen molar-refractivity contribution in [3.05, 3.63) is 30.5 Å². The van der Waals surface area contributed by atoms with Crippen molar-refractivity contribution in [2.45, 2.75) is 37.1 Å². The number of hydrogen-bond acceptors (Lipinski definition) is 9. The van der Waals surface area contributed by atoms with Crippen molar-refractivity contribution in [2.75, 3.05) is 38.7 Å². The molecule has 1 aromatic carbocycles. The first-order chi connectivity index (χ1) is 19.5. The number of alkyl halides is 3. The molecular formula is C24H24F3N9O2. The van der Waals surface area contributed by atoms with Gasteiger partial charge in [-0.15, -0.1) is 10.2 Å². The molecular weight excluding hydrogens is 503 g/mol. The Morgan fingerprint density at radius 3 is 2.95 bits per heavy atom. The fourth-order valence-electron chi connectivity index (χ4n) is 4.99. The van der Waals surface area contributed by atoms with Crippen LogP contribution in [0.25, 0.3) is 27.7 Å².